The van der Waals surface area contributed by atoms with Gasteiger partial charge in [-0.25, -0.2) is 0 Å². The number of carbonyl (C=O) groups is 2. The number of carboxylic acids is 1. The van der Waals surface area contributed by atoms with Crippen molar-refractivity contribution in [3.63, 3.8) is 0 Å². The van der Waals surface area contributed by atoms with Crippen LogP contribution in [0.2, 0.25) is 0 Å². The first kappa shape index (κ1) is 17.0. The Morgan fingerprint density at radius 1 is 1.12 bits per heavy atom. The lowest BCUT2D eigenvalue weighted by atomic mass is 10.0. The monoisotopic (exact) mass is 339 g/mol. The Labute approximate surface area is 146 Å². The van der Waals surface area contributed by atoms with Gasteiger partial charge in [-0.2, -0.15) is 0 Å². The standard InChI is InChI=1S/C20H21NO4/c22-19(23)6-3-13-25-16-10-8-15(9-11-16)21-20(24)18-12-7-14-4-1-2-5-17(14)18/h1-2,4-5,8-11,18H,3,6-7,12-13H2,(H,21,24)(H,22,23). The van der Waals surface area contributed by atoms with Gasteiger partial charge in [-0.3, -0.25) is 9.59 Å². The number of nitrogens with one attached hydrogen (secondary N) is 1. The molecular weight excluding hydrogens is 318 g/mol. The minimum atomic E-state index is -0.824. The van der Waals surface area contributed by atoms with E-state index in [1.807, 2.05) is 18.2 Å². The molecule has 1 aliphatic rings. The van der Waals surface area contributed by atoms with E-state index >= 15 is 0 Å². The molecule has 0 saturated carbocycles. The number of rotatable bonds is 7. The van der Waals surface area contributed by atoms with E-state index < -0.39 is 5.97 Å². The van der Waals surface area contributed by atoms with Gasteiger partial charge in [-0.1, -0.05) is 24.3 Å². The third kappa shape index (κ3) is 4.38. The van der Waals surface area contributed by atoms with Crippen molar-refractivity contribution in [2.45, 2.75) is 31.6 Å². The summed E-state index contributed by atoms with van der Waals surface area (Å²) in [5, 5.41) is 11.5. The number of anilines is 1. The van der Waals surface area contributed by atoms with E-state index in [0.29, 0.717) is 18.8 Å². The van der Waals surface area contributed by atoms with Crippen molar-refractivity contribution in [1.29, 1.82) is 0 Å². The second-order valence-corrected chi connectivity index (χ2v) is 6.15. The molecule has 2 aromatic rings. The Balaban J connectivity index is 1.53. The van der Waals surface area contributed by atoms with Crippen LogP contribution in [0.25, 0.3) is 0 Å². The molecule has 0 fully saturated rings. The van der Waals surface area contributed by atoms with Gasteiger partial charge in [-0.15, -0.1) is 0 Å². The van der Waals surface area contributed by atoms with Crippen LogP contribution in [0.1, 0.15) is 36.3 Å². The van der Waals surface area contributed by atoms with Crippen LogP contribution in [0.3, 0.4) is 0 Å². The first-order valence-corrected chi connectivity index (χ1v) is 8.47. The van der Waals surface area contributed by atoms with Gasteiger partial charge in [-0.05, 0) is 54.7 Å². The number of benzene rings is 2. The lowest BCUT2D eigenvalue weighted by Crippen LogP contribution is -2.19. The molecule has 1 unspecified atom stereocenters. The van der Waals surface area contributed by atoms with Gasteiger partial charge in [0.1, 0.15) is 5.75 Å². The van der Waals surface area contributed by atoms with Crippen molar-refractivity contribution in [3.05, 3.63) is 59.7 Å². The number of aryl methyl sites for hydroxylation is 1. The molecule has 0 bridgehead atoms. The van der Waals surface area contributed by atoms with E-state index in [1.54, 1.807) is 24.3 Å². The van der Waals surface area contributed by atoms with Gasteiger partial charge >= 0.3 is 5.97 Å². The minimum Gasteiger partial charge on any atom is -0.494 e. The largest absolute Gasteiger partial charge is 0.494 e. The number of carbonyl (C=O) groups excluding carboxylic acids is 1. The number of ether oxygens (including phenoxy) is 1. The summed E-state index contributed by atoms with van der Waals surface area (Å²) < 4.78 is 5.49. The van der Waals surface area contributed by atoms with E-state index in [1.165, 1.54) is 5.56 Å². The predicted octanol–water partition coefficient (Wildman–Crippen LogP) is 3.60. The van der Waals surface area contributed by atoms with Gasteiger partial charge in [0.2, 0.25) is 5.91 Å². The van der Waals surface area contributed by atoms with Crippen molar-refractivity contribution in [2.75, 3.05) is 11.9 Å². The Morgan fingerprint density at radius 3 is 2.64 bits per heavy atom. The topological polar surface area (TPSA) is 75.6 Å². The maximum absolute atomic E-state index is 12.5. The maximum atomic E-state index is 12.5. The quantitative estimate of drug-likeness (QED) is 0.756. The molecule has 5 nitrogen and oxygen atoms in total. The number of hydrogen-bond acceptors (Lipinski definition) is 3. The summed E-state index contributed by atoms with van der Waals surface area (Å²) in [6.45, 7) is 0.358. The molecule has 1 amide bonds. The summed E-state index contributed by atoms with van der Waals surface area (Å²) in [5.41, 5.74) is 3.11. The van der Waals surface area contributed by atoms with Gasteiger partial charge < -0.3 is 15.2 Å². The highest BCUT2D eigenvalue weighted by atomic mass is 16.5. The molecule has 1 aliphatic carbocycles. The SMILES string of the molecule is O=C(O)CCCOc1ccc(NC(=O)C2CCc3ccccc32)cc1. The van der Waals surface area contributed by atoms with Gasteiger partial charge in [0.25, 0.3) is 0 Å². The summed E-state index contributed by atoms with van der Waals surface area (Å²) in [6, 6.07) is 15.2. The van der Waals surface area contributed by atoms with Crippen LogP contribution < -0.4 is 10.1 Å². The third-order valence-electron chi connectivity index (χ3n) is 4.37. The zero-order valence-corrected chi connectivity index (χ0v) is 13.9. The van der Waals surface area contributed by atoms with Gasteiger partial charge in [0, 0.05) is 12.1 Å². The van der Waals surface area contributed by atoms with E-state index in [4.69, 9.17) is 9.84 Å². The first-order chi connectivity index (χ1) is 12.1. The second-order valence-electron chi connectivity index (χ2n) is 6.15. The van der Waals surface area contributed by atoms with Crippen molar-refractivity contribution < 1.29 is 19.4 Å². The summed E-state index contributed by atoms with van der Waals surface area (Å²) in [7, 11) is 0. The molecule has 2 N–H and O–H groups in total. The van der Waals surface area contributed by atoms with Crippen molar-refractivity contribution in [1.82, 2.24) is 0 Å². The van der Waals surface area contributed by atoms with Gasteiger partial charge in [0.05, 0.1) is 12.5 Å². The molecule has 0 saturated heterocycles. The van der Waals surface area contributed by atoms with Gasteiger partial charge in [0.15, 0.2) is 0 Å². The molecular formula is C20H21NO4. The number of carboxylic acid groups (broad SMARTS) is 1. The summed E-state index contributed by atoms with van der Waals surface area (Å²) in [4.78, 5) is 23.0. The molecule has 0 aromatic heterocycles. The Hall–Kier alpha value is -2.82. The minimum absolute atomic E-state index is 0.0140. The summed E-state index contributed by atoms with van der Waals surface area (Å²) in [6.07, 6.45) is 2.35. The highest BCUT2D eigenvalue weighted by Crippen LogP contribution is 2.33. The number of aliphatic carboxylic acids is 1. The molecule has 2 aromatic carbocycles. The lowest BCUT2D eigenvalue weighted by molar-refractivity contribution is -0.137. The van der Waals surface area contributed by atoms with E-state index in [-0.39, 0.29) is 18.2 Å². The summed E-state index contributed by atoms with van der Waals surface area (Å²) >= 11 is 0. The fourth-order valence-electron chi connectivity index (χ4n) is 3.11. The smallest absolute Gasteiger partial charge is 0.303 e. The zero-order valence-electron chi connectivity index (χ0n) is 13.9. The molecule has 1 atom stereocenters. The van der Waals surface area contributed by atoms with Crippen LogP contribution in [0.4, 0.5) is 5.69 Å². The maximum Gasteiger partial charge on any atom is 0.303 e. The molecule has 5 heteroatoms. The van der Waals surface area contributed by atoms with E-state index in [0.717, 1.165) is 24.1 Å². The molecule has 0 heterocycles. The van der Waals surface area contributed by atoms with Crippen LogP contribution in [-0.2, 0) is 16.0 Å². The average Bonchev–Trinajstić information content (AvgIpc) is 3.04. The van der Waals surface area contributed by atoms with Crippen LogP contribution >= 0.6 is 0 Å². The highest BCUT2D eigenvalue weighted by Gasteiger charge is 2.28. The molecule has 0 spiro atoms. The van der Waals surface area contributed by atoms with Crippen molar-refractivity contribution in [3.8, 4) is 5.75 Å². The Kier molecular flexibility index (Phi) is 5.33. The average molecular weight is 339 g/mol. The number of hydrogen-bond donors (Lipinski definition) is 2. The first-order valence-electron chi connectivity index (χ1n) is 8.47. The second kappa shape index (κ2) is 7.83. The normalized spacial score (nSPS) is 15.4. The fourth-order valence-corrected chi connectivity index (χ4v) is 3.11. The predicted molar refractivity (Wildman–Crippen MR) is 94.9 cm³/mol. The molecule has 25 heavy (non-hydrogen) atoms. The van der Waals surface area contributed by atoms with Crippen LogP contribution in [0, 0.1) is 0 Å². The van der Waals surface area contributed by atoms with E-state index in [9.17, 15) is 9.59 Å². The molecule has 130 valence electrons. The van der Waals surface area contributed by atoms with Crippen molar-refractivity contribution >= 4 is 17.6 Å². The zero-order chi connectivity index (χ0) is 17.6. The Bertz CT molecular complexity index is 755. The van der Waals surface area contributed by atoms with E-state index in [2.05, 4.69) is 11.4 Å². The fraction of sp³-hybridized carbons (Fsp3) is 0.300. The molecule has 3 rings (SSSR count). The molecule has 0 aliphatic heterocycles. The molecule has 0 radical (unpaired) electrons. The van der Waals surface area contributed by atoms with Crippen LogP contribution in [-0.4, -0.2) is 23.6 Å². The van der Waals surface area contributed by atoms with Crippen molar-refractivity contribution in [2.24, 2.45) is 0 Å². The number of fused-ring (bicyclic) bond motifs is 1. The lowest BCUT2D eigenvalue weighted by Gasteiger charge is -2.13. The highest BCUT2D eigenvalue weighted by molar-refractivity contribution is 5.96. The van der Waals surface area contributed by atoms with Crippen LogP contribution in [0.15, 0.2) is 48.5 Å². The number of amides is 1. The Morgan fingerprint density at radius 2 is 1.88 bits per heavy atom. The van der Waals surface area contributed by atoms with Crippen LogP contribution in [0.5, 0.6) is 5.75 Å². The summed E-state index contributed by atoms with van der Waals surface area (Å²) in [5.74, 6) is -0.243. The third-order valence-corrected chi connectivity index (χ3v) is 4.37.